The Bertz CT molecular complexity index is 744. The van der Waals surface area contributed by atoms with Crippen molar-refractivity contribution in [2.75, 3.05) is 6.61 Å². The van der Waals surface area contributed by atoms with E-state index in [1.807, 2.05) is 6.08 Å². The minimum atomic E-state index is -0.469. The monoisotopic (exact) mass is 338 g/mol. The van der Waals surface area contributed by atoms with Gasteiger partial charge in [-0.15, -0.1) is 0 Å². The van der Waals surface area contributed by atoms with Crippen LogP contribution in [0.2, 0.25) is 0 Å². The van der Waals surface area contributed by atoms with Crippen LogP contribution in [0.4, 0.5) is 0 Å². The Morgan fingerprint density at radius 1 is 1.24 bits per heavy atom. The summed E-state index contributed by atoms with van der Waals surface area (Å²) in [6.45, 7) is 11.1. The van der Waals surface area contributed by atoms with Gasteiger partial charge in [-0.3, -0.25) is 0 Å². The molecule has 0 spiro atoms. The van der Waals surface area contributed by atoms with E-state index in [0.717, 1.165) is 0 Å². The Hall–Kier alpha value is -2.41. The molecule has 0 N–H and O–H groups in total. The van der Waals surface area contributed by atoms with Gasteiger partial charge in [-0.1, -0.05) is 45.8 Å². The van der Waals surface area contributed by atoms with E-state index < -0.39 is 5.97 Å². The van der Waals surface area contributed by atoms with Gasteiger partial charge in [0, 0.05) is 0 Å². The number of carbonyl (C=O) groups excluding carboxylic acids is 1. The molecule has 0 aromatic carbocycles. The second-order valence-corrected chi connectivity index (χ2v) is 7.58. The summed E-state index contributed by atoms with van der Waals surface area (Å²) in [5.41, 5.74) is 2.45. The van der Waals surface area contributed by atoms with Crippen LogP contribution in [0.3, 0.4) is 0 Å². The number of nitrogens with zero attached hydrogens (tertiary/aromatic N) is 2. The molecule has 1 aromatic rings. The first kappa shape index (κ1) is 18.9. The highest BCUT2D eigenvalue weighted by Crippen LogP contribution is 2.44. The number of hydrogen-bond donors (Lipinski definition) is 0. The van der Waals surface area contributed by atoms with Crippen LogP contribution in [0.5, 0.6) is 0 Å². The lowest BCUT2D eigenvalue weighted by molar-refractivity contribution is 0.0519. The first-order valence-electron chi connectivity index (χ1n) is 8.64. The second kappa shape index (κ2) is 7.65. The summed E-state index contributed by atoms with van der Waals surface area (Å²) >= 11 is 0. The van der Waals surface area contributed by atoms with Crippen LogP contribution < -0.4 is 0 Å². The molecule has 25 heavy (non-hydrogen) atoms. The molecule has 0 aliphatic heterocycles. The van der Waals surface area contributed by atoms with E-state index in [9.17, 15) is 4.79 Å². The highest BCUT2D eigenvalue weighted by atomic mass is 16.5. The lowest BCUT2D eigenvalue weighted by Crippen LogP contribution is -2.25. The number of hydrogen-bond acceptors (Lipinski definition) is 4. The minimum Gasteiger partial charge on any atom is -0.461 e. The summed E-state index contributed by atoms with van der Waals surface area (Å²) < 4.78 is 4.87. The fourth-order valence-electron chi connectivity index (χ4n) is 2.69. The predicted octanol–water partition coefficient (Wildman–Crippen LogP) is 4.33. The summed E-state index contributed by atoms with van der Waals surface area (Å²) in [5.74, 6) is 5.47. The zero-order valence-corrected chi connectivity index (χ0v) is 15.7. The molecule has 1 heterocycles. The first-order valence-corrected chi connectivity index (χ1v) is 8.64. The van der Waals surface area contributed by atoms with Crippen molar-refractivity contribution in [2.45, 2.75) is 47.5 Å². The van der Waals surface area contributed by atoms with Crippen molar-refractivity contribution in [3.05, 3.63) is 47.6 Å². The molecule has 4 heteroatoms. The summed E-state index contributed by atoms with van der Waals surface area (Å²) in [6.07, 6.45) is 11.5. The highest BCUT2D eigenvalue weighted by Gasteiger charge is 2.31. The molecule has 132 valence electrons. The number of allylic oxidation sites excluding steroid dienone is 4. The van der Waals surface area contributed by atoms with E-state index in [2.05, 4.69) is 61.7 Å². The number of esters is 1. The third-order valence-corrected chi connectivity index (χ3v) is 4.40. The van der Waals surface area contributed by atoms with Crippen molar-refractivity contribution in [3.8, 4) is 11.8 Å². The van der Waals surface area contributed by atoms with Gasteiger partial charge in [-0.25, -0.2) is 14.8 Å². The molecule has 0 atom stereocenters. The van der Waals surface area contributed by atoms with Crippen molar-refractivity contribution in [3.63, 3.8) is 0 Å². The second-order valence-electron chi connectivity index (χ2n) is 7.58. The van der Waals surface area contributed by atoms with E-state index in [4.69, 9.17) is 4.74 Å². The van der Waals surface area contributed by atoms with Gasteiger partial charge in [0.15, 0.2) is 5.69 Å². The van der Waals surface area contributed by atoms with Crippen LogP contribution in [0.15, 0.2) is 36.2 Å². The molecule has 2 rings (SSSR count). The number of rotatable bonds is 3. The summed E-state index contributed by atoms with van der Waals surface area (Å²) in [4.78, 5) is 19.7. The van der Waals surface area contributed by atoms with Gasteiger partial charge in [0.05, 0.1) is 19.0 Å². The molecule has 0 saturated heterocycles. The smallest absolute Gasteiger partial charge is 0.358 e. The van der Waals surface area contributed by atoms with Crippen LogP contribution >= 0.6 is 0 Å². The predicted molar refractivity (Wildman–Crippen MR) is 98.9 cm³/mol. The largest absolute Gasteiger partial charge is 0.461 e. The molecule has 0 amide bonds. The molecule has 4 nitrogen and oxygen atoms in total. The fraction of sp³-hybridized carbons (Fsp3) is 0.476. The Balaban J connectivity index is 2.08. The lowest BCUT2D eigenvalue weighted by atomic mass is 9.67. The van der Waals surface area contributed by atoms with Crippen LogP contribution in [-0.4, -0.2) is 22.5 Å². The van der Waals surface area contributed by atoms with Crippen molar-refractivity contribution < 1.29 is 9.53 Å². The topological polar surface area (TPSA) is 52.1 Å². The molecule has 1 aliphatic carbocycles. The van der Waals surface area contributed by atoms with E-state index in [1.165, 1.54) is 30.8 Å². The zero-order chi connectivity index (χ0) is 18.5. The zero-order valence-electron chi connectivity index (χ0n) is 15.7. The molecule has 0 radical (unpaired) electrons. The summed E-state index contributed by atoms with van der Waals surface area (Å²) in [6, 6.07) is 0. The number of ether oxygens (including phenoxy) is 1. The van der Waals surface area contributed by atoms with E-state index in [0.29, 0.717) is 12.3 Å². The van der Waals surface area contributed by atoms with Crippen molar-refractivity contribution in [1.29, 1.82) is 0 Å². The molecule has 0 fully saturated rings. The summed E-state index contributed by atoms with van der Waals surface area (Å²) in [5, 5.41) is 0. The van der Waals surface area contributed by atoms with Crippen LogP contribution in [0, 0.1) is 22.7 Å². The van der Waals surface area contributed by atoms with Gasteiger partial charge in [0.2, 0.25) is 0 Å². The molecular weight excluding hydrogens is 312 g/mol. The maximum Gasteiger partial charge on any atom is 0.358 e. The van der Waals surface area contributed by atoms with Crippen LogP contribution in [0.25, 0.3) is 0 Å². The van der Waals surface area contributed by atoms with Gasteiger partial charge in [-0.2, -0.15) is 0 Å². The van der Waals surface area contributed by atoms with Gasteiger partial charge >= 0.3 is 5.97 Å². The third kappa shape index (κ3) is 5.29. The Labute approximate surface area is 150 Å². The molecule has 1 aromatic heterocycles. The van der Waals surface area contributed by atoms with Crippen LogP contribution in [0.1, 0.15) is 63.6 Å². The van der Waals surface area contributed by atoms with Crippen molar-refractivity contribution in [2.24, 2.45) is 10.8 Å². The normalized spacial score (nSPS) is 18.2. The van der Waals surface area contributed by atoms with E-state index >= 15 is 0 Å². The maximum atomic E-state index is 11.5. The lowest BCUT2D eigenvalue weighted by Gasteiger charge is -2.37. The highest BCUT2D eigenvalue weighted by molar-refractivity contribution is 5.86. The Morgan fingerprint density at radius 3 is 2.64 bits per heavy atom. The molecule has 0 saturated carbocycles. The summed E-state index contributed by atoms with van der Waals surface area (Å²) in [7, 11) is 0. The van der Waals surface area contributed by atoms with Gasteiger partial charge < -0.3 is 4.74 Å². The quantitative estimate of drug-likeness (QED) is 0.608. The molecule has 0 unspecified atom stereocenters. The molecule has 1 aliphatic rings. The standard InChI is InChI=1S/C21H26N2O2/c1-6-25-19(24)18-15-22-17(14-23-18)10-8-7-9-16-13-20(2,3)11-12-21(16,4)5/h7,9,13-15H,6,11-12H2,1-5H3. The van der Waals surface area contributed by atoms with E-state index in [-0.39, 0.29) is 16.5 Å². The number of aromatic nitrogens is 2. The van der Waals surface area contributed by atoms with Gasteiger partial charge in [0.1, 0.15) is 5.69 Å². The van der Waals surface area contributed by atoms with Gasteiger partial charge in [0.25, 0.3) is 0 Å². The molecule has 0 bridgehead atoms. The SMILES string of the molecule is CCOC(=O)c1cnc(C#CC=CC2=CC(C)(C)CCC2(C)C)cn1. The Morgan fingerprint density at radius 2 is 2.00 bits per heavy atom. The van der Waals surface area contributed by atoms with Crippen molar-refractivity contribution >= 4 is 5.97 Å². The number of carbonyl (C=O) groups is 1. The van der Waals surface area contributed by atoms with Crippen LogP contribution in [-0.2, 0) is 4.74 Å². The molecular formula is C21H26N2O2. The fourth-order valence-corrected chi connectivity index (χ4v) is 2.69. The van der Waals surface area contributed by atoms with Crippen molar-refractivity contribution in [1.82, 2.24) is 9.97 Å². The van der Waals surface area contributed by atoms with E-state index in [1.54, 1.807) is 6.92 Å². The maximum absolute atomic E-state index is 11.5. The third-order valence-electron chi connectivity index (χ3n) is 4.40. The average Bonchev–Trinajstić information content (AvgIpc) is 2.56. The average molecular weight is 338 g/mol. The minimum absolute atomic E-state index is 0.175. The Kier molecular flexibility index (Phi) is 5.79. The van der Waals surface area contributed by atoms with Gasteiger partial charge in [-0.05, 0) is 48.2 Å². The first-order chi connectivity index (χ1) is 11.7.